The fourth-order valence-electron chi connectivity index (χ4n) is 5.56. The highest BCUT2D eigenvalue weighted by molar-refractivity contribution is 5.85. The lowest BCUT2D eigenvalue weighted by Gasteiger charge is -2.27. The first-order valence-electron chi connectivity index (χ1n) is 15.4. The third-order valence-corrected chi connectivity index (χ3v) is 7.98. The standard InChI is InChI=1S/C33H38F3N7O3/c1-3-17-43(31(44)26(42-32(45)46-2)14-15-33(34,35)36)20-29-38-18-27(40-29)23-10-6-21(7-11-23)22-8-12-24(13-9-22)28-19-39-30(41-28)25-5-4-16-37-25/h6-13,18-19,25-26,37H,3-5,14-17,20H2,1-2H3,(H,38,40)(H,39,41)(H,42,45)/t25-,26-/m0/s1. The highest BCUT2D eigenvalue weighted by Gasteiger charge is 2.33. The molecule has 2 aromatic carbocycles. The molecule has 2 aromatic heterocycles. The molecule has 2 amide bonds. The van der Waals surface area contributed by atoms with Crippen molar-refractivity contribution in [1.82, 2.24) is 35.5 Å². The number of hydrogen-bond acceptors (Lipinski definition) is 6. The molecule has 0 unspecified atom stereocenters. The number of rotatable bonds is 12. The fraction of sp³-hybridized carbons (Fsp3) is 0.394. The quantitative estimate of drug-likeness (QED) is 0.143. The highest BCUT2D eigenvalue weighted by Crippen LogP contribution is 2.28. The van der Waals surface area contributed by atoms with Gasteiger partial charge in [0.15, 0.2) is 0 Å². The topological polar surface area (TPSA) is 128 Å². The lowest BCUT2D eigenvalue weighted by Crippen LogP contribution is -2.49. The molecule has 0 saturated carbocycles. The van der Waals surface area contributed by atoms with Crippen LogP contribution in [0.4, 0.5) is 18.0 Å². The molecule has 13 heteroatoms. The zero-order valence-electron chi connectivity index (χ0n) is 25.8. The summed E-state index contributed by atoms with van der Waals surface area (Å²) in [5.41, 5.74) is 5.76. The predicted octanol–water partition coefficient (Wildman–Crippen LogP) is 6.36. The number of ether oxygens (including phenoxy) is 1. The lowest BCUT2D eigenvalue weighted by atomic mass is 10.0. The molecule has 10 nitrogen and oxygen atoms in total. The van der Waals surface area contributed by atoms with Gasteiger partial charge in [0, 0.05) is 13.0 Å². The van der Waals surface area contributed by atoms with Gasteiger partial charge in [-0.25, -0.2) is 14.8 Å². The Hall–Kier alpha value is -4.65. The van der Waals surface area contributed by atoms with Crippen molar-refractivity contribution in [2.45, 2.75) is 63.8 Å². The first kappa shape index (κ1) is 32.7. The van der Waals surface area contributed by atoms with E-state index in [1.54, 1.807) is 6.20 Å². The maximum atomic E-state index is 13.3. The molecule has 4 aromatic rings. The third kappa shape index (κ3) is 8.33. The van der Waals surface area contributed by atoms with E-state index in [0.717, 1.165) is 66.0 Å². The number of alkyl halides is 3. The smallest absolute Gasteiger partial charge is 0.407 e. The summed E-state index contributed by atoms with van der Waals surface area (Å²) in [6.45, 7) is 3.18. The number of imidazole rings is 2. The van der Waals surface area contributed by atoms with E-state index >= 15 is 0 Å². The number of halogens is 3. The number of nitrogens with one attached hydrogen (secondary N) is 4. The number of H-pyrrole nitrogens is 2. The van der Waals surface area contributed by atoms with Gasteiger partial charge in [-0.15, -0.1) is 0 Å². The van der Waals surface area contributed by atoms with Crippen LogP contribution in [0, 0.1) is 0 Å². The molecule has 0 bridgehead atoms. The minimum atomic E-state index is -4.47. The molecule has 1 aliphatic rings. The largest absolute Gasteiger partial charge is 0.453 e. The first-order valence-corrected chi connectivity index (χ1v) is 15.4. The van der Waals surface area contributed by atoms with Gasteiger partial charge in [-0.05, 0) is 54.5 Å². The van der Waals surface area contributed by atoms with Crippen molar-refractivity contribution in [3.8, 4) is 33.6 Å². The Labute approximate surface area is 265 Å². The van der Waals surface area contributed by atoms with E-state index in [-0.39, 0.29) is 19.1 Å². The molecule has 1 aliphatic heterocycles. The Bertz CT molecular complexity index is 1590. The molecule has 244 valence electrons. The summed E-state index contributed by atoms with van der Waals surface area (Å²) in [7, 11) is 1.09. The maximum absolute atomic E-state index is 13.3. The van der Waals surface area contributed by atoms with Crippen molar-refractivity contribution < 1.29 is 27.5 Å². The predicted molar refractivity (Wildman–Crippen MR) is 167 cm³/mol. The SMILES string of the molecule is CCCN(Cc1ncc(-c2ccc(-c3ccc(-c4cnc([C@@H]5CCCN5)[nH]4)cc3)cc2)[nH]1)C(=O)[C@H](CCC(F)(F)F)NC(=O)OC. The summed E-state index contributed by atoms with van der Waals surface area (Å²) in [6, 6.07) is 15.2. The number of carbonyl (C=O) groups is 2. The van der Waals surface area contributed by atoms with E-state index in [2.05, 4.69) is 59.6 Å². The highest BCUT2D eigenvalue weighted by atomic mass is 19.4. The number of carbonyl (C=O) groups excluding carboxylic acids is 2. The van der Waals surface area contributed by atoms with Crippen molar-refractivity contribution in [1.29, 1.82) is 0 Å². The monoisotopic (exact) mass is 637 g/mol. The fourth-order valence-corrected chi connectivity index (χ4v) is 5.56. The maximum Gasteiger partial charge on any atom is 0.407 e. The van der Waals surface area contributed by atoms with E-state index in [9.17, 15) is 22.8 Å². The first-order chi connectivity index (χ1) is 22.1. The molecular weight excluding hydrogens is 599 g/mol. The molecule has 2 atom stereocenters. The van der Waals surface area contributed by atoms with E-state index in [1.165, 1.54) is 4.90 Å². The molecule has 0 radical (unpaired) electrons. The van der Waals surface area contributed by atoms with Crippen molar-refractivity contribution in [3.63, 3.8) is 0 Å². The van der Waals surface area contributed by atoms with Crippen LogP contribution in [-0.2, 0) is 16.1 Å². The average Bonchev–Trinajstić information content (AvgIpc) is 3.85. The van der Waals surface area contributed by atoms with Crippen molar-refractivity contribution in [3.05, 3.63) is 72.6 Å². The number of hydrogen-bond donors (Lipinski definition) is 4. The van der Waals surface area contributed by atoms with Gasteiger partial charge in [0.25, 0.3) is 0 Å². The van der Waals surface area contributed by atoms with Crippen LogP contribution in [0.1, 0.15) is 56.7 Å². The summed E-state index contributed by atoms with van der Waals surface area (Å²) in [4.78, 5) is 42.0. The van der Waals surface area contributed by atoms with Crippen molar-refractivity contribution in [2.75, 3.05) is 20.2 Å². The number of benzene rings is 2. The normalized spacial score (nSPS) is 15.5. The molecule has 0 spiro atoms. The minimum Gasteiger partial charge on any atom is -0.453 e. The lowest BCUT2D eigenvalue weighted by molar-refractivity contribution is -0.143. The van der Waals surface area contributed by atoms with Gasteiger partial charge in [0.2, 0.25) is 5.91 Å². The number of amides is 2. The Morgan fingerprint density at radius 1 is 0.978 bits per heavy atom. The van der Waals surface area contributed by atoms with Gasteiger partial charge in [0.1, 0.15) is 17.7 Å². The van der Waals surface area contributed by atoms with Crippen LogP contribution in [0.2, 0.25) is 0 Å². The van der Waals surface area contributed by atoms with Gasteiger partial charge >= 0.3 is 12.3 Å². The zero-order chi connectivity index (χ0) is 32.7. The van der Waals surface area contributed by atoms with E-state index in [0.29, 0.717) is 12.2 Å². The zero-order valence-corrected chi connectivity index (χ0v) is 25.8. The second-order valence-electron chi connectivity index (χ2n) is 11.3. The minimum absolute atomic E-state index is 0.0392. The van der Waals surface area contributed by atoms with Crippen LogP contribution >= 0.6 is 0 Å². The van der Waals surface area contributed by atoms with Crippen LogP contribution in [0.3, 0.4) is 0 Å². The number of aromatic nitrogens is 4. The van der Waals surface area contributed by atoms with Gasteiger partial charge in [-0.2, -0.15) is 13.2 Å². The van der Waals surface area contributed by atoms with Gasteiger partial charge in [-0.3, -0.25) is 4.79 Å². The molecule has 1 fully saturated rings. The summed E-state index contributed by atoms with van der Waals surface area (Å²) in [5.74, 6) is 0.804. The number of aromatic amines is 2. The number of methoxy groups -OCH3 is 1. The Balaban J connectivity index is 1.24. The molecule has 3 heterocycles. The Morgan fingerprint density at radius 2 is 1.59 bits per heavy atom. The number of alkyl carbamates (subject to hydrolysis) is 1. The molecule has 4 N–H and O–H groups in total. The van der Waals surface area contributed by atoms with Crippen LogP contribution in [0.5, 0.6) is 0 Å². The summed E-state index contributed by atoms with van der Waals surface area (Å²) in [5, 5.41) is 5.71. The third-order valence-electron chi connectivity index (χ3n) is 7.98. The molecule has 46 heavy (non-hydrogen) atoms. The summed E-state index contributed by atoms with van der Waals surface area (Å²) >= 11 is 0. The second kappa shape index (κ2) is 14.6. The van der Waals surface area contributed by atoms with Crippen LogP contribution in [0.15, 0.2) is 60.9 Å². The van der Waals surface area contributed by atoms with E-state index in [1.807, 2.05) is 37.4 Å². The van der Waals surface area contributed by atoms with Crippen LogP contribution in [-0.4, -0.2) is 69.3 Å². The van der Waals surface area contributed by atoms with Crippen molar-refractivity contribution in [2.24, 2.45) is 0 Å². The summed E-state index contributed by atoms with van der Waals surface area (Å²) < 4.78 is 43.3. The van der Waals surface area contributed by atoms with Crippen LogP contribution < -0.4 is 10.6 Å². The second-order valence-corrected chi connectivity index (χ2v) is 11.3. The van der Waals surface area contributed by atoms with Crippen molar-refractivity contribution >= 4 is 12.0 Å². The van der Waals surface area contributed by atoms with Gasteiger partial charge in [0.05, 0.1) is 43.5 Å². The van der Waals surface area contributed by atoms with Gasteiger partial charge in [-0.1, -0.05) is 55.5 Å². The Morgan fingerprint density at radius 3 is 2.15 bits per heavy atom. The van der Waals surface area contributed by atoms with Gasteiger partial charge < -0.3 is 30.2 Å². The molecule has 5 rings (SSSR count). The van der Waals surface area contributed by atoms with Crippen LogP contribution in [0.25, 0.3) is 33.6 Å². The number of nitrogens with zero attached hydrogens (tertiary/aromatic N) is 3. The molecular formula is C33H38F3N7O3. The molecule has 0 aliphatic carbocycles. The van der Waals surface area contributed by atoms with E-state index < -0.39 is 37.1 Å². The summed E-state index contributed by atoms with van der Waals surface area (Å²) in [6.07, 6.45) is -0.930. The molecule has 1 saturated heterocycles. The van der Waals surface area contributed by atoms with E-state index in [4.69, 9.17) is 0 Å². The average molecular weight is 638 g/mol. The Kier molecular flexibility index (Phi) is 10.4.